The van der Waals surface area contributed by atoms with Gasteiger partial charge in [-0.2, -0.15) is 11.8 Å². The fourth-order valence-electron chi connectivity index (χ4n) is 1.78. The summed E-state index contributed by atoms with van der Waals surface area (Å²) in [4.78, 5) is 0. The van der Waals surface area contributed by atoms with Crippen LogP contribution >= 0.6 is 11.8 Å². The van der Waals surface area contributed by atoms with Crippen LogP contribution in [0.1, 0.15) is 25.7 Å². The fraction of sp³-hybridized carbons (Fsp3) is 1.00. The van der Waals surface area contributed by atoms with Crippen molar-refractivity contribution in [1.82, 2.24) is 0 Å². The molecule has 1 fully saturated rings. The Balaban J connectivity index is 2.41. The predicted octanol–water partition coefficient (Wildman–Crippen LogP) is 1.90. The van der Waals surface area contributed by atoms with Crippen LogP contribution in [-0.2, 0) is 0 Å². The summed E-state index contributed by atoms with van der Waals surface area (Å²) in [5.41, 5.74) is 0.305. The highest BCUT2D eigenvalue weighted by molar-refractivity contribution is 7.98. The minimum atomic E-state index is 0.305. The van der Waals surface area contributed by atoms with Crippen LogP contribution in [0.25, 0.3) is 0 Å². The van der Waals surface area contributed by atoms with E-state index in [1.165, 1.54) is 25.7 Å². The second kappa shape index (κ2) is 3.63. The van der Waals surface area contributed by atoms with Crippen molar-refractivity contribution in [3.63, 3.8) is 0 Å². The van der Waals surface area contributed by atoms with Crippen LogP contribution in [0.4, 0.5) is 0 Å². The van der Waals surface area contributed by atoms with E-state index in [9.17, 15) is 0 Å². The number of hydrogen-bond acceptors (Lipinski definition) is 2. The zero-order chi connectivity index (χ0) is 7.45. The van der Waals surface area contributed by atoms with Crippen molar-refractivity contribution < 1.29 is 5.11 Å². The molecule has 0 radical (unpaired) electrons. The summed E-state index contributed by atoms with van der Waals surface area (Å²) in [5.74, 6) is 1.14. The highest BCUT2D eigenvalue weighted by Gasteiger charge is 2.32. The maximum atomic E-state index is 9.13. The number of hydrogen-bond donors (Lipinski definition) is 1. The van der Waals surface area contributed by atoms with Crippen LogP contribution in [0.15, 0.2) is 0 Å². The Morgan fingerprint density at radius 3 is 2.40 bits per heavy atom. The average molecular weight is 160 g/mol. The molecule has 1 nitrogen and oxygen atoms in total. The molecule has 1 saturated carbocycles. The summed E-state index contributed by atoms with van der Waals surface area (Å²) in [6.07, 6.45) is 7.24. The van der Waals surface area contributed by atoms with E-state index in [4.69, 9.17) is 5.11 Å². The molecule has 0 spiro atoms. The van der Waals surface area contributed by atoms with Gasteiger partial charge in [0.05, 0.1) is 0 Å². The van der Waals surface area contributed by atoms with Gasteiger partial charge in [-0.3, -0.25) is 0 Å². The predicted molar refractivity (Wildman–Crippen MR) is 46.4 cm³/mol. The van der Waals surface area contributed by atoms with Gasteiger partial charge in [-0.1, -0.05) is 12.8 Å². The van der Waals surface area contributed by atoms with E-state index in [0.717, 1.165) is 5.75 Å². The van der Waals surface area contributed by atoms with Crippen molar-refractivity contribution in [3.8, 4) is 0 Å². The second-order valence-electron chi connectivity index (χ2n) is 3.30. The van der Waals surface area contributed by atoms with Gasteiger partial charge in [-0.25, -0.2) is 0 Å². The molecule has 0 aliphatic heterocycles. The molecule has 0 heterocycles. The molecule has 1 N–H and O–H groups in total. The summed E-state index contributed by atoms with van der Waals surface area (Å²) in [7, 11) is 0. The molecule has 0 amide bonds. The monoisotopic (exact) mass is 160 g/mol. The molecule has 1 rings (SSSR count). The Labute approximate surface area is 67.2 Å². The maximum absolute atomic E-state index is 9.13. The van der Waals surface area contributed by atoms with E-state index < -0.39 is 0 Å². The van der Waals surface area contributed by atoms with Crippen LogP contribution in [-0.4, -0.2) is 23.7 Å². The lowest BCUT2D eigenvalue weighted by Crippen LogP contribution is -2.24. The number of thioether (sulfide) groups is 1. The Bertz CT molecular complexity index is 97.4. The van der Waals surface area contributed by atoms with Gasteiger partial charge in [0.15, 0.2) is 0 Å². The topological polar surface area (TPSA) is 20.2 Å². The Kier molecular flexibility index (Phi) is 3.05. The summed E-state index contributed by atoms with van der Waals surface area (Å²) < 4.78 is 0. The third-order valence-corrected chi connectivity index (χ3v) is 3.35. The molecule has 0 bridgehead atoms. The Hall–Kier alpha value is 0.310. The molecule has 0 aromatic heterocycles. The first-order chi connectivity index (χ1) is 4.83. The summed E-state index contributed by atoms with van der Waals surface area (Å²) in [6, 6.07) is 0. The van der Waals surface area contributed by atoms with Gasteiger partial charge >= 0.3 is 0 Å². The van der Waals surface area contributed by atoms with Gasteiger partial charge in [0.25, 0.3) is 0 Å². The largest absolute Gasteiger partial charge is 0.396 e. The van der Waals surface area contributed by atoms with E-state index in [0.29, 0.717) is 12.0 Å². The third-order valence-electron chi connectivity index (χ3n) is 2.45. The molecular weight excluding hydrogens is 144 g/mol. The molecule has 0 unspecified atom stereocenters. The van der Waals surface area contributed by atoms with E-state index in [2.05, 4.69) is 6.26 Å². The van der Waals surface area contributed by atoms with Crippen LogP contribution in [0, 0.1) is 5.41 Å². The molecule has 1 aliphatic rings. The van der Waals surface area contributed by atoms with Gasteiger partial charge in [0.2, 0.25) is 0 Å². The lowest BCUT2D eigenvalue weighted by Gasteiger charge is -2.24. The van der Waals surface area contributed by atoms with E-state index in [-0.39, 0.29) is 0 Å². The van der Waals surface area contributed by atoms with Gasteiger partial charge in [-0.15, -0.1) is 0 Å². The molecule has 1 aliphatic carbocycles. The molecular formula is C8H16OS. The fourth-order valence-corrected chi connectivity index (χ4v) is 2.77. The van der Waals surface area contributed by atoms with Crippen molar-refractivity contribution >= 4 is 11.8 Å². The van der Waals surface area contributed by atoms with Gasteiger partial charge in [-0.05, 0) is 19.1 Å². The highest BCUT2D eigenvalue weighted by Crippen LogP contribution is 2.39. The normalized spacial score (nSPS) is 23.4. The van der Waals surface area contributed by atoms with Crippen LogP contribution in [0.5, 0.6) is 0 Å². The summed E-state index contributed by atoms with van der Waals surface area (Å²) in [5, 5.41) is 9.13. The zero-order valence-corrected chi connectivity index (χ0v) is 7.41. The Morgan fingerprint density at radius 1 is 1.40 bits per heavy atom. The lowest BCUT2D eigenvalue weighted by molar-refractivity contribution is 0.153. The first-order valence-electron chi connectivity index (χ1n) is 3.93. The Morgan fingerprint density at radius 2 is 2.00 bits per heavy atom. The minimum absolute atomic E-state index is 0.305. The van der Waals surface area contributed by atoms with Crippen LogP contribution in [0.3, 0.4) is 0 Å². The van der Waals surface area contributed by atoms with Crippen molar-refractivity contribution in [3.05, 3.63) is 0 Å². The van der Waals surface area contributed by atoms with Gasteiger partial charge in [0, 0.05) is 17.8 Å². The lowest BCUT2D eigenvalue weighted by atomic mass is 9.90. The van der Waals surface area contributed by atoms with Crippen molar-refractivity contribution in [1.29, 1.82) is 0 Å². The first kappa shape index (κ1) is 8.41. The summed E-state index contributed by atoms with van der Waals surface area (Å²) >= 11 is 1.86. The SMILES string of the molecule is CSCC1(CO)CCCC1. The first-order valence-corrected chi connectivity index (χ1v) is 5.32. The van der Waals surface area contributed by atoms with Gasteiger partial charge < -0.3 is 5.11 Å². The quantitative estimate of drug-likeness (QED) is 0.680. The molecule has 0 atom stereocenters. The molecule has 2 heteroatoms. The molecule has 0 aromatic carbocycles. The third kappa shape index (κ3) is 1.67. The van der Waals surface area contributed by atoms with E-state index >= 15 is 0 Å². The molecule has 0 saturated heterocycles. The van der Waals surface area contributed by atoms with Crippen LogP contribution < -0.4 is 0 Å². The van der Waals surface area contributed by atoms with Crippen LogP contribution in [0.2, 0.25) is 0 Å². The maximum Gasteiger partial charge on any atom is 0.0495 e. The van der Waals surface area contributed by atoms with E-state index in [1.807, 2.05) is 11.8 Å². The molecule has 60 valence electrons. The molecule has 0 aromatic rings. The zero-order valence-electron chi connectivity index (χ0n) is 6.60. The van der Waals surface area contributed by atoms with Gasteiger partial charge in [0.1, 0.15) is 0 Å². The standard InChI is InChI=1S/C8H16OS/c1-10-7-8(6-9)4-2-3-5-8/h9H,2-7H2,1H3. The number of rotatable bonds is 3. The van der Waals surface area contributed by atoms with Crippen molar-refractivity contribution in [2.24, 2.45) is 5.41 Å². The average Bonchev–Trinajstić information content (AvgIpc) is 2.39. The highest BCUT2D eigenvalue weighted by atomic mass is 32.2. The number of aliphatic hydroxyl groups excluding tert-OH is 1. The number of aliphatic hydroxyl groups is 1. The molecule has 10 heavy (non-hydrogen) atoms. The summed E-state index contributed by atoms with van der Waals surface area (Å²) in [6.45, 7) is 0.397. The smallest absolute Gasteiger partial charge is 0.0495 e. The van der Waals surface area contributed by atoms with Crippen molar-refractivity contribution in [2.75, 3.05) is 18.6 Å². The van der Waals surface area contributed by atoms with Crippen molar-refractivity contribution in [2.45, 2.75) is 25.7 Å². The minimum Gasteiger partial charge on any atom is -0.396 e. The second-order valence-corrected chi connectivity index (χ2v) is 4.16. The van der Waals surface area contributed by atoms with E-state index in [1.54, 1.807) is 0 Å².